The van der Waals surface area contributed by atoms with E-state index in [2.05, 4.69) is 10.1 Å². The number of para-hydroxylation sites is 1. The van der Waals surface area contributed by atoms with Crippen molar-refractivity contribution in [1.29, 1.82) is 0 Å². The fraction of sp³-hybridized carbons (Fsp3) is 0.292. The van der Waals surface area contributed by atoms with Gasteiger partial charge in [-0.05, 0) is 55.3 Å². The molecule has 36 heavy (non-hydrogen) atoms. The first-order chi connectivity index (χ1) is 17.3. The summed E-state index contributed by atoms with van der Waals surface area (Å²) in [5.74, 6) is -1.25. The van der Waals surface area contributed by atoms with Gasteiger partial charge >= 0.3 is 0 Å². The number of nitrogens with zero attached hydrogens (tertiary/aromatic N) is 5. The first kappa shape index (κ1) is 24.8. The van der Waals surface area contributed by atoms with Gasteiger partial charge in [0.05, 0.1) is 27.1 Å². The molecule has 1 amide bonds. The molecule has 2 aromatic heterocycles. The molecule has 0 radical (unpaired) electrons. The van der Waals surface area contributed by atoms with Crippen molar-refractivity contribution in [3.63, 3.8) is 0 Å². The number of fused-ring (bicyclic) bond motifs is 1. The highest BCUT2D eigenvalue weighted by Gasteiger charge is 2.36. The smallest absolute Gasteiger partial charge is 0.243 e. The van der Waals surface area contributed by atoms with Crippen LogP contribution in [0.15, 0.2) is 65.8 Å². The number of amides is 1. The number of anilines is 1. The number of carbonyl (C=O) groups excluding carboxylic acids is 1. The number of thiazole rings is 1. The van der Waals surface area contributed by atoms with E-state index in [-0.39, 0.29) is 17.3 Å². The minimum absolute atomic E-state index is 0.00773. The minimum Gasteiger partial charge on any atom is -0.286 e. The van der Waals surface area contributed by atoms with E-state index in [9.17, 15) is 17.6 Å². The Hall–Kier alpha value is -2.86. The average Bonchev–Trinajstić information content (AvgIpc) is 3.55. The fourth-order valence-corrected chi connectivity index (χ4v) is 7.11. The van der Waals surface area contributed by atoms with Crippen molar-refractivity contribution in [2.24, 2.45) is 5.92 Å². The fourth-order valence-electron chi connectivity index (χ4n) is 4.29. The summed E-state index contributed by atoms with van der Waals surface area (Å²) in [7, 11) is -3.86. The molecule has 1 fully saturated rings. The van der Waals surface area contributed by atoms with Crippen LogP contribution in [0, 0.1) is 11.7 Å². The molecule has 2 aromatic carbocycles. The lowest BCUT2D eigenvalue weighted by Crippen LogP contribution is -2.47. The Morgan fingerprint density at radius 2 is 2.00 bits per heavy atom. The molecule has 0 bridgehead atoms. The van der Waals surface area contributed by atoms with E-state index in [1.54, 1.807) is 21.8 Å². The molecular weight excluding hydrogens is 525 g/mol. The molecule has 8 nitrogen and oxygen atoms in total. The number of hydrogen-bond donors (Lipinski definition) is 0. The van der Waals surface area contributed by atoms with Crippen molar-refractivity contribution in [1.82, 2.24) is 19.1 Å². The topological polar surface area (TPSA) is 88.4 Å². The van der Waals surface area contributed by atoms with Crippen LogP contribution in [-0.2, 0) is 21.4 Å². The number of halogens is 2. The van der Waals surface area contributed by atoms with Gasteiger partial charge in [-0.2, -0.15) is 9.40 Å². The third kappa shape index (κ3) is 5.01. The highest BCUT2D eigenvalue weighted by Crippen LogP contribution is 2.34. The molecule has 1 aliphatic rings. The highest BCUT2D eigenvalue weighted by molar-refractivity contribution is 7.89. The third-order valence-corrected chi connectivity index (χ3v) is 9.38. The van der Waals surface area contributed by atoms with Gasteiger partial charge in [0.25, 0.3) is 0 Å². The van der Waals surface area contributed by atoms with Gasteiger partial charge < -0.3 is 0 Å². The quantitative estimate of drug-likeness (QED) is 0.342. The van der Waals surface area contributed by atoms with Crippen molar-refractivity contribution in [2.45, 2.75) is 24.3 Å². The molecular formula is C24H23ClFN5O3S2. The SMILES string of the molecule is O=C(C1CCCN(S(=O)(=O)c2ccc(F)cc2)C1)N(CCn1cccn1)c1nc2c(Cl)cccc2s1. The van der Waals surface area contributed by atoms with Crippen molar-refractivity contribution in [3.05, 3.63) is 71.8 Å². The third-order valence-electron chi connectivity index (χ3n) is 6.15. The van der Waals surface area contributed by atoms with Gasteiger partial charge in [0.2, 0.25) is 15.9 Å². The van der Waals surface area contributed by atoms with E-state index in [1.165, 1.54) is 27.8 Å². The second-order valence-corrected chi connectivity index (χ2v) is 11.9. The van der Waals surface area contributed by atoms with Gasteiger partial charge in [0.15, 0.2) is 5.13 Å². The van der Waals surface area contributed by atoms with Crippen LogP contribution >= 0.6 is 22.9 Å². The van der Waals surface area contributed by atoms with Crippen molar-refractivity contribution >= 4 is 54.2 Å². The second-order valence-electron chi connectivity index (χ2n) is 8.50. The molecule has 0 spiro atoms. The van der Waals surface area contributed by atoms with Gasteiger partial charge in [-0.3, -0.25) is 14.4 Å². The summed E-state index contributed by atoms with van der Waals surface area (Å²) < 4.78 is 43.6. The van der Waals surface area contributed by atoms with Gasteiger partial charge in [-0.15, -0.1) is 0 Å². The van der Waals surface area contributed by atoms with Gasteiger partial charge in [-0.25, -0.2) is 17.8 Å². The predicted octanol–water partition coefficient (Wildman–Crippen LogP) is 4.42. The van der Waals surface area contributed by atoms with Crippen LogP contribution in [-0.4, -0.2) is 53.0 Å². The summed E-state index contributed by atoms with van der Waals surface area (Å²) in [5.41, 5.74) is 0.625. The molecule has 12 heteroatoms. The maximum atomic E-state index is 13.8. The highest BCUT2D eigenvalue weighted by atomic mass is 35.5. The molecule has 4 aromatic rings. The maximum absolute atomic E-state index is 13.8. The number of piperidine rings is 1. The van der Waals surface area contributed by atoms with E-state index in [4.69, 9.17) is 11.6 Å². The molecule has 188 valence electrons. The van der Waals surface area contributed by atoms with Crippen LogP contribution < -0.4 is 4.90 Å². The molecule has 1 aliphatic heterocycles. The van der Waals surface area contributed by atoms with E-state index < -0.39 is 21.8 Å². The standard InChI is InChI=1S/C24H23ClFN5O3S2/c25-20-5-1-6-21-22(20)28-24(35-21)31(15-14-29-12-3-11-27-29)23(32)17-4-2-13-30(16-17)36(33,34)19-9-7-18(26)8-10-19/h1,3,5-12,17H,2,4,13-16H2. The van der Waals surface area contributed by atoms with Crippen LogP contribution in [0.25, 0.3) is 10.2 Å². The van der Waals surface area contributed by atoms with Crippen molar-refractivity contribution in [3.8, 4) is 0 Å². The Kier molecular flexibility index (Phi) is 7.07. The zero-order valence-electron chi connectivity index (χ0n) is 19.1. The van der Waals surface area contributed by atoms with Crippen molar-refractivity contribution < 1.29 is 17.6 Å². The molecule has 0 N–H and O–H groups in total. The monoisotopic (exact) mass is 547 g/mol. The second kappa shape index (κ2) is 10.3. The molecule has 0 aliphatic carbocycles. The largest absolute Gasteiger partial charge is 0.286 e. The Morgan fingerprint density at radius 3 is 2.72 bits per heavy atom. The van der Waals surface area contributed by atoms with E-state index in [0.717, 1.165) is 16.8 Å². The van der Waals surface area contributed by atoms with Gasteiger partial charge in [0, 0.05) is 32.0 Å². The van der Waals surface area contributed by atoms with Crippen LogP contribution in [0.1, 0.15) is 12.8 Å². The Labute approximate surface area is 217 Å². The number of aromatic nitrogens is 3. The number of rotatable bonds is 7. The van der Waals surface area contributed by atoms with Crippen molar-refractivity contribution in [2.75, 3.05) is 24.5 Å². The number of hydrogen-bond acceptors (Lipinski definition) is 6. The summed E-state index contributed by atoms with van der Waals surface area (Å²) in [6, 6.07) is 12.0. The summed E-state index contributed by atoms with van der Waals surface area (Å²) in [6.45, 7) is 1.11. The Bertz CT molecular complexity index is 1480. The Morgan fingerprint density at radius 1 is 1.19 bits per heavy atom. The van der Waals surface area contributed by atoms with Crippen LogP contribution in [0.2, 0.25) is 5.02 Å². The molecule has 5 rings (SSSR count). The minimum atomic E-state index is -3.86. The lowest BCUT2D eigenvalue weighted by Gasteiger charge is -2.33. The lowest BCUT2D eigenvalue weighted by atomic mass is 9.98. The van der Waals surface area contributed by atoms with Gasteiger partial charge in [-0.1, -0.05) is 29.0 Å². The zero-order valence-corrected chi connectivity index (χ0v) is 21.5. The lowest BCUT2D eigenvalue weighted by molar-refractivity contribution is -0.123. The van der Waals surface area contributed by atoms with Crippen LogP contribution in [0.5, 0.6) is 0 Å². The molecule has 1 unspecified atom stereocenters. The normalized spacial score (nSPS) is 16.9. The first-order valence-corrected chi connectivity index (χ1v) is 14.1. The summed E-state index contributed by atoms with van der Waals surface area (Å²) >= 11 is 7.69. The maximum Gasteiger partial charge on any atom is 0.243 e. The van der Waals surface area contributed by atoms with Crippen LogP contribution in [0.3, 0.4) is 0 Å². The molecule has 1 atom stereocenters. The summed E-state index contributed by atoms with van der Waals surface area (Å²) in [6.07, 6.45) is 4.58. The van der Waals surface area contributed by atoms with Crippen LogP contribution in [0.4, 0.5) is 9.52 Å². The summed E-state index contributed by atoms with van der Waals surface area (Å²) in [4.78, 5) is 20.1. The number of benzene rings is 2. The van der Waals surface area contributed by atoms with E-state index >= 15 is 0 Å². The van der Waals surface area contributed by atoms with E-state index in [1.807, 2.05) is 24.4 Å². The number of carbonyl (C=O) groups is 1. The first-order valence-electron chi connectivity index (χ1n) is 11.4. The van der Waals surface area contributed by atoms with E-state index in [0.29, 0.717) is 48.1 Å². The molecule has 3 heterocycles. The molecule has 0 saturated carbocycles. The average molecular weight is 548 g/mol. The number of sulfonamides is 1. The summed E-state index contributed by atoms with van der Waals surface area (Å²) in [5, 5.41) is 5.23. The zero-order chi connectivity index (χ0) is 25.3. The van der Waals surface area contributed by atoms with Gasteiger partial charge in [0.1, 0.15) is 11.3 Å². The molecule has 1 saturated heterocycles. The predicted molar refractivity (Wildman–Crippen MR) is 137 cm³/mol. The Balaban J connectivity index is 1.42.